The molecule has 2 unspecified atom stereocenters. The third-order valence-electron chi connectivity index (χ3n) is 24.7. The number of likely N-dealkylation sites (N-methyl/N-ethyl adjacent to an activating group) is 3. The number of carbonyl (C=O) groups excluding carboxylic acids is 14. The Labute approximate surface area is 805 Å². The van der Waals surface area contributed by atoms with E-state index in [1.165, 1.54) is 50.5 Å². The average molecular weight is 1950 g/mol. The van der Waals surface area contributed by atoms with Crippen LogP contribution in [0.4, 0.5) is 13.2 Å². The molecule has 19 N–H and O–H groups in total. The number of rotatable bonds is 52. The summed E-state index contributed by atoms with van der Waals surface area (Å²) in [6.45, 7) is 4.50. The highest BCUT2D eigenvalue weighted by Gasteiger charge is 2.52. The SMILES string of the molecule is CCCC[C@@H](C(=O)N1C[C@@H](O)C[C@@H]1C(=O)N[C@@H](CC(=O)O)C(=O)N[C@H](C(=O)N(C)[C@@H](Cc1ccccc1)C(=O)N[C@@H](Cc1ccc(O)cc1)C1OC1N1CC[C@H](O)C1)C(C)C)N(C)C(=O)[C@H](Cc1ccccc1)N(C)C(=O)[C@H](Cc1cc(F)c(F)c(F)c1)NC(=O)CSC[C@H](NC(=O)[C@H](CCCN)NC(=O)[C@H](Cc1ccc(O)cc1)NC(=O)[C@H](Cc1c[nH]c2ccccc12)NC=O)C(=O)NCC(N)=O. The molecule has 16 atom stereocenters. The van der Waals surface area contributed by atoms with E-state index in [1.54, 1.807) is 112 Å². The van der Waals surface area contributed by atoms with Crippen LogP contribution < -0.4 is 59.3 Å². The molecule has 0 saturated carbocycles. The third kappa shape index (κ3) is 30.5. The predicted octanol–water partition coefficient (Wildman–Crippen LogP) is 0.889. The number of aromatic amines is 1. The zero-order chi connectivity index (χ0) is 101. The number of aliphatic carboxylic acids is 1. The number of nitrogens with one attached hydrogen (secondary N) is 10. The number of benzene rings is 6. The van der Waals surface area contributed by atoms with Crippen LogP contribution in [-0.2, 0) is 115 Å². The number of aromatic hydroxyl groups is 2. The van der Waals surface area contributed by atoms with Gasteiger partial charge in [0.05, 0.1) is 37.0 Å². The third-order valence-corrected chi connectivity index (χ3v) is 25.7. The van der Waals surface area contributed by atoms with E-state index >= 15 is 32.8 Å². The summed E-state index contributed by atoms with van der Waals surface area (Å²) in [5.41, 5.74) is 14.5. The van der Waals surface area contributed by atoms with E-state index in [0.29, 0.717) is 78.5 Å². The number of carbonyl (C=O) groups is 15. The number of aromatic nitrogens is 1. The summed E-state index contributed by atoms with van der Waals surface area (Å²) >= 11 is 0.657. The molecule has 139 heavy (non-hydrogen) atoms. The number of primary amides is 1. The number of carboxylic acid groups (broad SMARTS) is 1. The fourth-order valence-corrected chi connectivity index (χ4v) is 17.9. The van der Waals surface area contributed by atoms with Crippen molar-refractivity contribution in [3.63, 3.8) is 0 Å². The summed E-state index contributed by atoms with van der Waals surface area (Å²) in [5.74, 6) is -21.5. The molecule has 3 aliphatic rings. The molecule has 7 aromatic rings. The number of epoxide rings is 1. The van der Waals surface area contributed by atoms with Gasteiger partial charge in [-0.1, -0.05) is 137 Å². The number of thioether (sulfide) groups is 1. The first-order chi connectivity index (χ1) is 66.3. The van der Waals surface area contributed by atoms with Crippen LogP contribution in [0.25, 0.3) is 10.9 Å². The number of aliphatic hydroxyl groups excluding tert-OH is 2. The molecule has 3 fully saturated rings. The molecule has 6 aromatic carbocycles. The molecule has 1 aromatic heterocycles. The van der Waals surface area contributed by atoms with E-state index in [4.69, 9.17) is 16.2 Å². The number of hydrogen-bond acceptors (Lipinski definition) is 23. The molecule has 3 saturated heterocycles. The lowest BCUT2D eigenvalue weighted by Gasteiger charge is -2.38. The van der Waals surface area contributed by atoms with E-state index in [0.717, 1.165) is 43.1 Å². The highest BCUT2D eigenvalue weighted by molar-refractivity contribution is 8.00. The van der Waals surface area contributed by atoms with Crippen LogP contribution >= 0.6 is 11.8 Å². The van der Waals surface area contributed by atoms with Gasteiger partial charge in [0.2, 0.25) is 83.2 Å². The molecule has 0 bridgehead atoms. The maximum atomic E-state index is 15.7. The lowest BCUT2D eigenvalue weighted by atomic mass is 9.97. The summed E-state index contributed by atoms with van der Waals surface area (Å²) in [6.07, 6.45) is -2.91. The van der Waals surface area contributed by atoms with Crippen LogP contribution in [0.15, 0.2) is 152 Å². The Kier molecular flexibility index (Phi) is 39.6. The molecule has 0 radical (unpaired) electrons. The van der Waals surface area contributed by atoms with Gasteiger partial charge in [0, 0.05) is 102 Å². The monoisotopic (exact) mass is 1950 g/mol. The number of aliphatic hydroxyl groups is 2. The fourth-order valence-electron chi connectivity index (χ4n) is 17.0. The van der Waals surface area contributed by atoms with Gasteiger partial charge in [-0.25, -0.2) is 13.2 Å². The van der Waals surface area contributed by atoms with E-state index in [1.807, 2.05) is 17.0 Å². The lowest BCUT2D eigenvalue weighted by Crippen LogP contribution is -2.61. The normalized spacial score (nSPS) is 18.0. The number of H-pyrrole nitrogens is 1. The second-order valence-electron chi connectivity index (χ2n) is 35.4. The maximum Gasteiger partial charge on any atom is 0.305 e. The van der Waals surface area contributed by atoms with Gasteiger partial charge in [-0.15, -0.1) is 11.8 Å². The molecule has 0 spiro atoms. The summed E-state index contributed by atoms with van der Waals surface area (Å²) in [6, 6.07) is 19.1. The minimum absolute atomic E-state index is 0.0153. The average Bonchev–Trinajstić information content (AvgIpc) is 1.61. The number of nitrogens with zero attached hydrogens (tertiary/aromatic N) is 5. The zero-order valence-electron chi connectivity index (χ0n) is 77.9. The van der Waals surface area contributed by atoms with E-state index in [9.17, 15) is 77.9 Å². The van der Waals surface area contributed by atoms with Crippen molar-refractivity contribution in [1.29, 1.82) is 0 Å². The van der Waals surface area contributed by atoms with Gasteiger partial charge in [0.15, 0.2) is 17.5 Å². The number of phenols is 2. The number of carboxylic acids is 1. The minimum atomic E-state index is -1.98. The molecule has 0 aliphatic carbocycles. The number of likely N-dealkylation sites (tertiary alicyclic amines) is 2. The number of para-hydroxylation sites is 1. The molecule has 38 nitrogen and oxygen atoms in total. The topological polar surface area (TPSA) is 562 Å². The summed E-state index contributed by atoms with van der Waals surface area (Å²) in [5, 5.41) is 76.4. The summed E-state index contributed by atoms with van der Waals surface area (Å²) in [4.78, 5) is 225. The van der Waals surface area contributed by atoms with Crippen LogP contribution in [0.2, 0.25) is 0 Å². The van der Waals surface area contributed by atoms with Crippen LogP contribution in [-0.4, -0.2) is 307 Å². The first kappa shape index (κ1) is 107. The van der Waals surface area contributed by atoms with Gasteiger partial charge in [0.25, 0.3) is 0 Å². The van der Waals surface area contributed by atoms with Gasteiger partial charge in [0.1, 0.15) is 90.3 Å². The van der Waals surface area contributed by atoms with Crippen molar-refractivity contribution in [2.75, 3.05) is 65.4 Å². The quantitative estimate of drug-likeness (QED) is 0.0143. The Morgan fingerprint density at radius 1 is 0.576 bits per heavy atom. The first-order valence-electron chi connectivity index (χ1n) is 45.9. The Morgan fingerprint density at radius 2 is 1.14 bits per heavy atom. The van der Waals surface area contributed by atoms with E-state index < -0.39 is 247 Å². The van der Waals surface area contributed by atoms with Crippen molar-refractivity contribution < 1.29 is 115 Å². The van der Waals surface area contributed by atoms with Gasteiger partial charge in [-0.05, 0) is 120 Å². The Hall–Kier alpha value is -13.6. The fraction of sp³-hybridized carbons (Fsp3) is 0.454. The van der Waals surface area contributed by atoms with Crippen LogP contribution in [0, 0.1) is 23.4 Å². The van der Waals surface area contributed by atoms with Gasteiger partial charge >= 0.3 is 5.97 Å². The van der Waals surface area contributed by atoms with Crippen molar-refractivity contribution >= 4 is 112 Å². The number of ether oxygens (including phenoxy) is 1. The molecule has 10 rings (SSSR count). The number of phenolic OH excluding ortho intramolecular Hbond substituents is 2. The molecule has 4 heterocycles. The van der Waals surface area contributed by atoms with E-state index in [2.05, 4.69) is 52.8 Å². The van der Waals surface area contributed by atoms with Gasteiger partial charge < -0.3 is 114 Å². The molecule has 748 valence electrons. The van der Waals surface area contributed by atoms with Gasteiger partial charge in [-0.3, -0.25) is 76.8 Å². The molecule has 14 amide bonds. The van der Waals surface area contributed by atoms with Crippen molar-refractivity contribution in [2.45, 2.75) is 208 Å². The second-order valence-corrected chi connectivity index (χ2v) is 36.4. The molecular formula is C97H122F3N17O21S. The largest absolute Gasteiger partial charge is 0.508 e. The zero-order valence-corrected chi connectivity index (χ0v) is 78.7. The lowest BCUT2D eigenvalue weighted by molar-refractivity contribution is -0.152. The molecule has 3 aliphatic heterocycles. The Balaban J connectivity index is 0.850. The van der Waals surface area contributed by atoms with Crippen molar-refractivity contribution in [3.05, 3.63) is 203 Å². The van der Waals surface area contributed by atoms with Crippen LogP contribution in [0.3, 0.4) is 0 Å². The van der Waals surface area contributed by atoms with Crippen LogP contribution in [0.5, 0.6) is 11.5 Å². The molecule has 42 heteroatoms. The number of unbranched alkanes of at least 4 members (excludes halogenated alkanes) is 1. The first-order valence-corrected chi connectivity index (χ1v) is 47.0. The second kappa shape index (κ2) is 51.2. The summed E-state index contributed by atoms with van der Waals surface area (Å²) in [7, 11) is 3.77. The number of nitrogens with two attached hydrogens (primary N) is 2. The Bertz CT molecular complexity index is 5440. The highest BCUT2D eigenvalue weighted by Crippen LogP contribution is 2.35. The number of β-amino-alcohol motifs (C(OH)–C–C–N with tert-alkyl or cyclic N) is 2. The van der Waals surface area contributed by atoms with Crippen molar-refractivity contribution in [2.24, 2.45) is 17.4 Å². The number of halogens is 3. The Morgan fingerprint density at radius 3 is 1.73 bits per heavy atom. The van der Waals surface area contributed by atoms with Gasteiger partial charge in [-0.2, -0.15) is 0 Å². The summed E-state index contributed by atoms with van der Waals surface area (Å²) < 4.78 is 51.3. The van der Waals surface area contributed by atoms with Crippen molar-refractivity contribution in [1.82, 2.24) is 77.3 Å². The number of fused-ring (bicyclic) bond motifs is 1. The molecular weight excluding hydrogens is 1830 g/mol. The highest BCUT2D eigenvalue weighted by atomic mass is 32.2. The van der Waals surface area contributed by atoms with Crippen molar-refractivity contribution in [3.8, 4) is 11.5 Å². The maximum absolute atomic E-state index is 15.7. The number of amides is 14. The predicted molar refractivity (Wildman–Crippen MR) is 504 cm³/mol. The van der Waals surface area contributed by atoms with Crippen LogP contribution in [0.1, 0.15) is 106 Å². The smallest absolute Gasteiger partial charge is 0.305 e. The number of hydrogen-bond donors (Lipinski definition) is 17. The minimum Gasteiger partial charge on any atom is -0.508 e. The standard InChI is InChI=1S/C97H122F3N17O21S/c1-7-8-25-76(95(136)117-50-64(122)45-78(117)92(133)110-73(46-82(125)126)90(131)112-84(54(2)3)96(137)114(5)77(42-55-18-11-9-12-19-55)91(132)108-70(39-57-26-30-61(119)31-27-57)85-97(138-85)116-36-34-63(121)49-116)113(4)94(135)79(43-56-20-13-10-14-21-56)115(6)93(134)74(41-59-37-66(98)83(100)67(99)38-59)106-81(124)52-139-51-75(86(127)104-48-80(102)123)111-87(128)69(24-17-35-101)107-89(130)72(40-58-28-32-62(120)33-29-58)109-88(129)71(105-53-118)44-60-47-103-68-23-16-15-22-65(60)68/h9-16,18-23,26-33,37-38,47,53-54,63-64,69-79,84-85,97,103,119-122H,7-8,17,24-25,34-36,39-46,48-52,101H2,1-6H3,(H2,102,123)(H,104,127)(H,105,118)(H,106,124)(H,107,130)(H,108,132)(H,109,129)(H,110,133)(H,111,128)(H,112,131)(H,125,126)/t63-,64-,69-,70-,71-,72-,73-,74-,75-,76-,77-,78+,79-,84-,85?,97?/m0/s1. The van der Waals surface area contributed by atoms with E-state index in [-0.39, 0.29) is 81.4 Å².